The van der Waals surface area contributed by atoms with E-state index in [9.17, 15) is 8.42 Å². The molecular weight excluding hydrogens is 322 g/mol. The zero-order chi connectivity index (χ0) is 17.2. The maximum Gasteiger partial charge on any atom is 0.211 e. The Morgan fingerprint density at radius 2 is 1.92 bits per heavy atom. The molecule has 5 nitrogen and oxygen atoms in total. The van der Waals surface area contributed by atoms with Crippen molar-refractivity contribution in [2.45, 2.75) is 45.1 Å². The Morgan fingerprint density at radius 1 is 1.17 bits per heavy atom. The van der Waals surface area contributed by atoms with E-state index in [0.717, 1.165) is 38.0 Å². The second-order valence-corrected chi connectivity index (χ2v) is 9.39. The van der Waals surface area contributed by atoms with Crippen molar-refractivity contribution in [1.82, 2.24) is 14.2 Å². The molecule has 1 atom stereocenters. The number of pyridine rings is 1. The Kier molecular flexibility index (Phi) is 5.57. The first-order valence-corrected chi connectivity index (χ1v) is 10.9. The molecule has 134 valence electrons. The monoisotopic (exact) mass is 351 g/mol. The van der Waals surface area contributed by atoms with E-state index < -0.39 is 10.0 Å². The van der Waals surface area contributed by atoms with E-state index in [2.05, 4.69) is 22.0 Å². The lowest BCUT2D eigenvalue weighted by Crippen LogP contribution is -2.49. The summed E-state index contributed by atoms with van der Waals surface area (Å²) in [4.78, 5) is 7.02. The van der Waals surface area contributed by atoms with Crippen molar-refractivity contribution < 1.29 is 8.42 Å². The third kappa shape index (κ3) is 4.55. The molecule has 0 spiro atoms. The number of rotatable bonds is 4. The number of aryl methyl sites for hydroxylation is 1. The third-order valence-electron chi connectivity index (χ3n) is 5.46. The van der Waals surface area contributed by atoms with Gasteiger partial charge in [0.05, 0.1) is 6.26 Å². The van der Waals surface area contributed by atoms with Crippen molar-refractivity contribution >= 4 is 10.0 Å². The van der Waals surface area contributed by atoms with E-state index in [0.29, 0.717) is 25.0 Å². The Hall–Kier alpha value is -0.980. The molecule has 24 heavy (non-hydrogen) atoms. The van der Waals surface area contributed by atoms with Gasteiger partial charge in [0.15, 0.2) is 0 Å². The lowest BCUT2D eigenvalue weighted by molar-refractivity contribution is 0.0896. The molecule has 2 aliphatic rings. The van der Waals surface area contributed by atoms with Gasteiger partial charge in [-0.05, 0) is 63.1 Å². The third-order valence-corrected chi connectivity index (χ3v) is 6.76. The van der Waals surface area contributed by atoms with Gasteiger partial charge in [-0.15, -0.1) is 0 Å². The normalized spacial score (nSPS) is 25.0. The van der Waals surface area contributed by atoms with Crippen LogP contribution in [-0.4, -0.2) is 61.1 Å². The minimum Gasteiger partial charge on any atom is -0.300 e. The summed E-state index contributed by atoms with van der Waals surface area (Å²) in [6.45, 7) is 5.66. The summed E-state index contributed by atoms with van der Waals surface area (Å²) in [6.07, 6.45) is 8.89. The molecule has 0 aromatic carbocycles. The summed E-state index contributed by atoms with van der Waals surface area (Å²) in [7, 11) is -3.03. The number of hydrogen-bond acceptors (Lipinski definition) is 4. The van der Waals surface area contributed by atoms with Crippen LogP contribution in [0.15, 0.2) is 18.3 Å². The van der Waals surface area contributed by atoms with Crippen LogP contribution < -0.4 is 0 Å². The first-order valence-electron chi connectivity index (χ1n) is 9.02. The van der Waals surface area contributed by atoms with Crippen LogP contribution in [0.2, 0.25) is 0 Å². The van der Waals surface area contributed by atoms with Gasteiger partial charge in [0.25, 0.3) is 0 Å². The Balaban J connectivity index is 1.53. The minimum absolute atomic E-state index is 0.543. The second-order valence-electron chi connectivity index (χ2n) is 7.41. The van der Waals surface area contributed by atoms with Crippen LogP contribution in [0.5, 0.6) is 0 Å². The summed E-state index contributed by atoms with van der Waals surface area (Å²) < 4.78 is 24.9. The smallest absolute Gasteiger partial charge is 0.211 e. The highest BCUT2D eigenvalue weighted by Crippen LogP contribution is 2.26. The zero-order valence-electron chi connectivity index (χ0n) is 14.8. The molecule has 0 aliphatic carbocycles. The van der Waals surface area contributed by atoms with Gasteiger partial charge in [-0.1, -0.05) is 6.07 Å². The molecule has 3 rings (SSSR count). The highest BCUT2D eigenvalue weighted by Gasteiger charge is 2.31. The average Bonchev–Trinajstić information content (AvgIpc) is 2.57. The van der Waals surface area contributed by atoms with E-state index >= 15 is 0 Å². The van der Waals surface area contributed by atoms with Crippen LogP contribution in [0, 0.1) is 12.8 Å². The van der Waals surface area contributed by atoms with Gasteiger partial charge in [0.2, 0.25) is 10.0 Å². The topological polar surface area (TPSA) is 53.5 Å². The van der Waals surface area contributed by atoms with Crippen LogP contribution >= 0.6 is 0 Å². The van der Waals surface area contributed by atoms with Crippen molar-refractivity contribution in [1.29, 1.82) is 0 Å². The predicted molar refractivity (Wildman–Crippen MR) is 96.4 cm³/mol. The SMILES string of the molecule is Cc1ccc(C[C@@H]2CCCN(C3CCN(S(C)(=O)=O)CC3)C2)cn1. The maximum absolute atomic E-state index is 11.7. The Bertz CT molecular complexity index is 637. The molecule has 0 radical (unpaired) electrons. The van der Waals surface area contributed by atoms with E-state index in [1.54, 1.807) is 4.31 Å². The van der Waals surface area contributed by atoms with E-state index in [4.69, 9.17) is 0 Å². The first kappa shape index (κ1) is 17.8. The summed E-state index contributed by atoms with van der Waals surface area (Å²) >= 11 is 0. The van der Waals surface area contributed by atoms with Crippen LogP contribution in [0.3, 0.4) is 0 Å². The number of hydrogen-bond donors (Lipinski definition) is 0. The van der Waals surface area contributed by atoms with Gasteiger partial charge in [-0.2, -0.15) is 0 Å². The molecule has 1 aromatic rings. The second kappa shape index (κ2) is 7.50. The van der Waals surface area contributed by atoms with Crippen molar-refractivity contribution in [3.8, 4) is 0 Å². The van der Waals surface area contributed by atoms with Crippen LogP contribution in [0.4, 0.5) is 0 Å². The highest BCUT2D eigenvalue weighted by molar-refractivity contribution is 7.88. The van der Waals surface area contributed by atoms with Gasteiger partial charge in [-0.25, -0.2) is 12.7 Å². The Morgan fingerprint density at radius 3 is 2.54 bits per heavy atom. The summed E-state index contributed by atoms with van der Waals surface area (Å²) in [5.41, 5.74) is 2.40. The number of aromatic nitrogens is 1. The van der Waals surface area contributed by atoms with Gasteiger partial charge in [-0.3, -0.25) is 4.98 Å². The van der Waals surface area contributed by atoms with E-state index in [1.807, 2.05) is 13.1 Å². The lowest BCUT2D eigenvalue weighted by Gasteiger charge is -2.42. The largest absolute Gasteiger partial charge is 0.300 e. The fourth-order valence-electron chi connectivity index (χ4n) is 4.09. The number of sulfonamides is 1. The number of piperidine rings is 2. The molecule has 0 saturated carbocycles. The molecular formula is C18H29N3O2S. The number of likely N-dealkylation sites (tertiary alicyclic amines) is 1. The lowest BCUT2D eigenvalue weighted by atomic mass is 9.90. The molecule has 0 unspecified atom stereocenters. The molecule has 0 bridgehead atoms. The Labute approximate surface area is 146 Å². The van der Waals surface area contributed by atoms with Crippen molar-refractivity contribution in [2.24, 2.45) is 5.92 Å². The molecule has 0 N–H and O–H groups in total. The van der Waals surface area contributed by atoms with Crippen LogP contribution in [0.25, 0.3) is 0 Å². The zero-order valence-corrected chi connectivity index (χ0v) is 15.6. The summed E-state index contributed by atoms with van der Waals surface area (Å²) in [5.74, 6) is 0.691. The van der Waals surface area contributed by atoms with Crippen LogP contribution in [-0.2, 0) is 16.4 Å². The van der Waals surface area contributed by atoms with Crippen molar-refractivity contribution in [2.75, 3.05) is 32.4 Å². The molecule has 0 amide bonds. The van der Waals surface area contributed by atoms with E-state index in [-0.39, 0.29) is 0 Å². The van der Waals surface area contributed by atoms with Gasteiger partial charge in [0, 0.05) is 37.6 Å². The fraction of sp³-hybridized carbons (Fsp3) is 0.722. The number of nitrogens with zero attached hydrogens (tertiary/aromatic N) is 3. The summed E-state index contributed by atoms with van der Waals surface area (Å²) in [5, 5.41) is 0. The molecule has 2 saturated heterocycles. The van der Waals surface area contributed by atoms with E-state index in [1.165, 1.54) is 24.7 Å². The maximum atomic E-state index is 11.7. The van der Waals surface area contributed by atoms with Crippen molar-refractivity contribution in [3.63, 3.8) is 0 Å². The van der Waals surface area contributed by atoms with Crippen LogP contribution in [0.1, 0.15) is 36.9 Å². The minimum atomic E-state index is -3.03. The molecule has 1 aromatic heterocycles. The molecule has 2 aliphatic heterocycles. The predicted octanol–water partition coefficient (Wildman–Crippen LogP) is 2.07. The first-order chi connectivity index (χ1) is 11.4. The highest BCUT2D eigenvalue weighted by atomic mass is 32.2. The quantitative estimate of drug-likeness (QED) is 0.833. The molecule has 6 heteroatoms. The molecule has 2 fully saturated rings. The molecule has 3 heterocycles. The van der Waals surface area contributed by atoms with Gasteiger partial charge >= 0.3 is 0 Å². The summed E-state index contributed by atoms with van der Waals surface area (Å²) in [6, 6.07) is 4.84. The standard InChI is InChI=1S/C18H29N3O2S/c1-15-5-6-16(13-19-15)12-17-4-3-9-20(14-17)18-7-10-21(11-8-18)24(2,22)23/h5-6,13,17-18H,3-4,7-12,14H2,1-2H3/t17-/m0/s1. The average molecular weight is 352 g/mol. The van der Waals surface area contributed by atoms with Gasteiger partial charge < -0.3 is 4.90 Å². The fourth-order valence-corrected chi connectivity index (χ4v) is 4.96. The van der Waals surface area contributed by atoms with Crippen molar-refractivity contribution in [3.05, 3.63) is 29.6 Å². The van der Waals surface area contributed by atoms with Gasteiger partial charge in [0.1, 0.15) is 0 Å².